The van der Waals surface area contributed by atoms with Crippen LogP contribution >= 0.6 is 38.5 Å². The molecule has 0 saturated carbocycles. The maximum atomic E-state index is 13.7. The van der Waals surface area contributed by atoms with Crippen LogP contribution in [0.4, 0.5) is 10.3 Å². The Labute approximate surface area is 125 Å². The smallest absolute Gasteiger partial charge is 0.221 e. The summed E-state index contributed by atoms with van der Waals surface area (Å²) in [4.78, 5) is 4.00. The Balaban J connectivity index is 2.34. The third-order valence-corrected chi connectivity index (χ3v) is 4.49. The fourth-order valence-electron chi connectivity index (χ4n) is 1.36. The van der Waals surface area contributed by atoms with E-state index in [1.165, 1.54) is 17.0 Å². The molecular formula is C11H9BrFIN4. The SMILES string of the molecule is Cc1cn(N=Cc2cc(I)c(Br)cc2F)c(N)n1. The lowest BCUT2D eigenvalue weighted by Crippen LogP contribution is -1.98. The fraction of sp³-hybridized carbons (Fsp3) is 0.0909. The van der Waals surface area contributed by atoms with Crippen molar-refractivity contribution in [3.63, 3.8) is 0 Å². The summed E-state index contributed by atoms with van der Waals surface area (Å²) in [7, 11) is 0. The zero-order valence-corrected chi connectivity index (χ0v) is 13.1. The molecule has 1 aromatic carbocycles. The second-order valence-corrected chi connectivity index (χ2v) is 5.63. The van der Waals surface area contributed by atoms with Crippen molar-refractivity contribution in [1.82, 2.24) is 9.66 Å². The Morgan fingerprint density at radius 2 is 2.28 bits per heavy atom. The molecular weight excluding hydrogens is 414 g/mol. The van der Waals surface area contributed by atoms with Crippen molar-refractivity contribution in [2.45, 2.75) is 6.92 Å². The standard InChI is InChI=1S/C11H9BrFIN4/c1-6-5-18(11(15)17-6)16-4-7-2-10(14)8(12)3-9(7)13/h2-5H,1H3,(H2,15,17). The number of hydrogen-bond donors (Lipinski definition) is 1. The first-order valence-electron chi connectivity index (χ1n) is 4.97. The van der Waals surface area contributed by atoms with Crippen LogP contribution in [-0.2, 0) is 0 Å². The molecule has 94 valence electrons. The van der Waals surface area contributed by atoms with Gasteiger partial charge in [0.1, 0.15) is 5.82 Å². The molecule has 1 heterocycles. The van der Waals surface area contributed by atoms with E-state index in [1.807, 2.05) is 6.92 Å². The minimum atomic E-state index is -0.346. The van der Waals surface area contributed by atoms with Crippen LogP contribution in [0.25, 0.3) is 0 Å². The summed E-state index contributed by atoms with van der Waals surface area (Å²) >= 11 is 5.38. The van der Waals surface area contributed by atoms with Crippen LogP contribution in [0, 0.1) is 16.3 Å². The molecule has 0 aliphatic carbocycles. The van der Waals surface area contributed by atoms with E-state index in [9.17, 15) is 4.39 Å². The number of aromatic nitrogens is 2. The van der Waals surface area contributed by atoms with Crippen LogP contribution in [0.5, 0.6) is 0 Å². The number of nitrogens with two attached hydrogens (primary N) is 1. The van der Waals surface area contributed by atoms with Crippen LogP contribution in [0.15, 0.2) is 27.9 Å². The van der Waals surface area contributed by atoms with E-state index in [0.29, 0.717) is 5.56 Å². The van der Waals surface area contributed by atoms with Gasteiger partial charge >= 0.3 is 0 Å². The van der Waals surface area contributed by atoms with Gasteiger partial charge in [-0.15, -0.1) is 0 Å². The Bertz CT molecular complexity index is 624. The predicted molar refractivity (Wildman–Crippen MR) is 81.2 cm³/mol. The quantitative estimate of drug-likeness (QED) is 0.459. The van der Waals surface area contributed by atoms with Crippen molar-refractivity contribution in [1.29, 1.82) is 0 Å². The van der Waals surface area contributed by atoms with Crippen molar-refractivity contribution in [2.75, 3.05) is 5.73 Å². The number of aryl methyl sites for hydroxylation is 1. The van der Waals surface area contributed by atoms with Crippen LogP contribution in [0.3, 0.4) is 0 Å². The molecule has 0 fully saturated rings. The molecule has 2 rings (SSSR count). The van der Waals surface area contributed by atoms with Gasteiger partial charge in [-0.1, -0.05) is 0 Å². The number of nitrogen functional groups attached to an aromatic ring is 1. The van der Waals surface area contributed by atoms with Gasteiger partial charge in [0.2, 0.25) is 5.95 Å². The maximum Gasteiger partial charge on any atom is 0.221 e. The number of rotatable bonds is 2. The highest BCUT2D eigenvalue weighted by atomic mass is 127. The number of benzene rings is 1. The third-order valence-electron chi connectivity index (χ3n) is 2.20. The van der Waals surface area contributed by atoms with Gasteiger partial charge in [-0.2, -0.15) is 5.10 Å². The molecule has 0 saturated heterocycles. The fourth-order valence-corrected chi connectivity index (χ4v) is 2.16. The van der Waals surface area contributed by atoms with E-state index in [0.717, 1.165) is 13.7 Å². The highest BCUT2D eigenvalue weighted by molar-refractivity contribution is 14.1. The minimum absolute atomic E-state index is 0.274. The van der Waals surface area contributed by atoms with Crippen LogP contribution in [0.1, 0.15) is 11.3 Å². The maximum absolute atomic E-state index is 13.7. The number of anilines is 1. The average Bonchev–Trinajstić information content (AvgIpc) is 2.61. The van der Waals surface area contributed by atoms with Crippen molar-refractivity contribution in [3.8, 4) is 0 Å². The van der Waals surface area contributed by atoms with E-state index >= 15 is 0 Å². The van der Waals surface area contributed by atoms with E-state index in [-0.39, 0.29) is 11.8 Å². The highest BCUT2D eigenvalue weighted by Gasteiger charge is 2.05. The lowest BCUT2D eigenvalue weighted by Gasteiger charge is -2.01. The summed E-state index contributed by atoms with van der Waals surface area (Å²) in [6.07, 6.45) is 3.09. The zero-order valence-electron chi connectivity index (χ0n) is 9.36. The zero-order chi connectivity index (χ0) is 13.3. The van der Waals surface area contributed by atoms with Crippen molar-refractivity contribution in [3.05, 3.63) is 43.4 Å². The third kappa shape index (κ3) is 2.89. The molecule has 0 amide bonds. The predicted octanol–water partition coefficient (Wildman–Crippen LogP) is 3.16. The Hall–Kier alpha value is -0.960. The molecule has 4 nitrogen and oxygen atoms in total. The topological polar surface area (TPSA) is 56.2 Å². The van der Waals surface area contributed by atoms with Crippen LogP contribution in [-0.4, -0.2) is 15.9 Å². The van der Waals surface area contributed by atoms with Crippen molar-refractivity contribution >= 4 is 50.7 Å². The lowest BCUT2D eigenvalue weighted by molar-refractivity contribution is 0.624. The Morgan fingerprint density at radius 1 is 1.56 bits per heavy atom. The van der Waals surface area contributed by atoms with Gasteiger partial charge in [-0.25, -0.2) is 14.1 Å². The summed E-state index contributed by atoms with van der Waals surface area (Å²) in [5.41, 5.74) is 6.79. The molecule has 0 aliphatic rings. The first kappa shape index (κ1) is 13.5. The average molecular weight is 423 g/mol. The van der Waals surface area contributed by atoms with E-state index in [1.54, 1.807) is 12.3 Å². The molecule has 2 N–H and O–H groups in total. The first-order chi connectivity index (χ1) is 8.47. The summed E-state index contributed by atoms with van der Waals surface area (Å²) in [6, 6.07) is 3.11. The lowest BCUT2D eigenvalue weighted by atomic mass is 10.2. The monoisotopic (exact) mass is 422 g/mol. The normalized spacial score (nSPS) is 11.3. The molecule has 0 spiro atoms. The molecule has 2 aromatic rings. The number of halogens is 3. The van der Waals surface area contributed by atoms with Crippen LogP contribution < -0.4 is 5.73 Å². The van der Waals surface area contributed by atoms with Gasteiger partial charge < -0.3 is 5.73 Å². The van der Waals surface area contributed by atoms with Gasteiger partial charge in [-0.05, 0) is 57.6 Å². The largest absolute Gasteiger partial charge is 0.368 e. The summed E-state index contributed by atoms with van der Waals surface area (Å²) in [6.45, 7) is 1.81. The highest BCUT2D eigenvalue weighted by Crippen LogP contribution is 2.22. The molecule has 0 radical (unpaired) electrons. The second kappa shape index (κ2) is 5.35. The molecule has 0 unspecified atom stereocenters. The number of hydrogen-bond acceptors (Lipinski definition) is 3. The van der Waals surface area contributed by atoms with Crippen molar-refractivity contribution in [2.24, 2.45) is 5.10 Å². The Morgan fingerprint density at radius 3 is 2.89 bits per heavy atom. The molecule has 0 aliphatic heterocycles. The molecule has 0 atom stereocenters. The Kier molecular flexibility index (Phi) is 4.00. The summed E-state index contributed by atoms with van der Waals surface area (Å²) in [5, 5.41) is 4.07. The molecule has 0 bridgehead atoms. The molecule has 7 heteroatoms. The van der Waals surface area contributed by atoms with E-state index in [2.05, 4.69) is 48.6 Å². The summed E-state index contributed by atoms with van der Waals surface area (Å²) < 4.78 is 16.7. The van der Waals surface area contributed by atoms with Crippen LogP contribution in [0.2, 0.25) is 0 Å². The summed E-state index contributed by atoms with van der Waals surface area (Å²) in [5.74, 6) is -0.0718. The number of nitrogens with zero attached hydrogens (tertiary/aromatic N) is 3. The van der Waals surface area contributed by atoms with Gasteiger partial charge in [0, 0.05) is 13.6 Å². The van der Waals surface area contributed by atoms with Gasteiger partial charge in [-0.3, -0.25) is 0 Å². The van der Waals surface area contributed by atoms with Crippen molar-refractivity contribution < 1.29 is 4.39 Å². The van der Waals surface area contributed by atoms with Gasteiger partial charge in [0.15, 0.2) is 0 Å². The molecule has 1 aromatic heterocycles. The van der Waals surface area contributed by atoms with Gasteiger partial charge in [0.05, 0.1) is 18.1 Å². The van der Waals surface area contributed by atoms with E-state index in [4.69, 9.17) is 5.73 Å². The molecule has 18 heavy (non-hydrogen) atoms. The minimum Gasteiger partial charge on any atom is -0.368 e. The van der Waals surface area contributed by atoms with E-state index < -0.39 is 0 Å². The van der Waals surface area contributed by atoms with Gasteiger partial charge in [0.25, 0.3) is 0 Å². The number of imidazole rings is 1. The second-order valence-electron chi connectivity index (χ2n) is 3.62. The first-order valence-corrected chi connectivity index (χ1v) is 6.85.